The number of benzene rings is 3. The molecule has 4 heteroatoms. The van der Waals surface area contributed by atoms with E-state index in [0.717, 1.165) is 16.7 Å². The molecule has 3 rings (SSSR count). The van der Waals surface area contributed by atoms with Gasteiger partial charge in [-0.15, -0.1) is 0 Å². The van der Waals surface area contributed by atoms with Crippen LogP contribution in [-0.4, -0.2) is 23.0 Å². The molecule has 0 saturated carbocycles. The summed E-state index contributed by atoms with van der Waals surface area (Å²) >= 11 is 0. The molecular formula is C26H25NO3. The van der Waals surface area contributed by atoms with Crippen LogP contribution in [0.4, 0.5) is 0 Å². The highest BCUT2D eigenvalue weighted by molar-refractivity contribution is 5.94. The van der Waals surface area contributed by atoms with Crippen LogP contribution in [0.3, 0.4) is 0 Å². The Morgan fingerprint density at radius 3 is 1.80 bits per heavy atom. The van der Waals surface area contributed by atoms with E-state index >= 15 is 0 Å². The van der Waals surface area contributed by atoms with Gasteiger partial charge in [-0.05, 0) is 30.0 Å². The molecule has 0 aliphatic carbocycles. The van der Waals surface area contributed by atoms with Gasteiger partial charge in [-0.1, -0.05) is 103 Å². The molecule has 0 radical (unpaired) electrons. The van der Waals surface area contributed by atoms with Crippen molar-refractivity contribution in [3.05, 3.63) is 114 Å². The lowest BCUT2D eigenvalue weighted by molar-refractivity contribution is -0.142. The molecule has 0 aliphatic heterocycles. The van der Waals surface area contributed by atoms with Gasteiger partial charge >= 0.3 is 5.97 Å². The molecule has 0 unspecified atom stereocenters. The summed E-state index contributed by atoms with van der Waals surface area (Å²) in [6, 6.07) is 27.4. The number of amides is 1. The molecule has 0 spiro atoms. The predicted molar refractivity (Wildman–Crippen MR) is 119 cm³/mol. The topological polar surface area (TPSA) is 66.4 Å². The van der Waals surface area contributed by atoms with Gasteiger partial charge in [0, 0.05) is 0 Å². The Morgan fingerprint density at radius 1 is 0.867 bits per heavy atom. The number of nitrogens with one attached hydrogen (secondary N) is 1. The van der Waals surface area contributed by atoms with Crippen LogP contribution in [0.1, 0.15) is 30.0 Å². The van der Waals surface area contributed by atoms with E-state index in [1.54, 1.807) is 6.08 Å². The van der Waals surface area contributed by atoms with Gasteiger partial charge in [0.2, 0.25) is 5.91 Å². The average molecular weight is 399 g/mol. The third kappa shape index (κ3) is 4.84. The Labute approximate surface area is 176 Å². The van der Waals surface area contributed by atoms with Crippen molar-refractivity contribution < 1.29 is 14.7 Å². The predicted octanol–water partition coefficient (Wildman–Crippen LogP) is 4.67. The number of carbonyl (C=O) groups excluding carboxylic acids is 1. The van der Waals surface area contributed by atoms with E-state index in [-0.39, 0.29) is 12.3 Å². The summed E-state index contributed by atoms with van der Waals surface area (Å²) in [5.41, 5.74) is 1.57. The van der Waals surface area contributed by atoms with E-state index in [9.17, 15) is 14.7 Å². The molecule has 0 saturated heterocycles. The van der Waals surface area contributed by atoms with Crippen LogP contribution < -0.4 is 5.32 Å². The molecule has 1 amide bonds. The van der Waals surface area contributed by atoms with Crippen molar-refractivity contribution in [3.63, 3.8) is 0 Å². The maximum atomic E-state index is 13.4. The normalized spacial score (nSPS) is 12.4. The molecule has 0 aromatic heterocycles. The highest BCUT2D eigenvalue weighted by Crippen LogP contribution is 2.32. The zero-order valence-electron chi connectivity index (χ0n) is 16.9. The van der Waals surface area contributed by atoms with Crippen LogP contribution in [0.25, 0.3) is 6.08 Å². The molecule has 0 heterocycles. The SMILES string of the molecule is CC(C(=O)N[C@H](C/C=C/c1ccccc1)C(=O)O)(c1ccccc1)c1ccccc1. The zero-order valence-corrected chi connectivity index (χ0v) is 16.9. The maximum Gasteiger partial charge on any atom is 0.326 e. The van der Waals surface area contributed by atoms with Crippen LogP contribution in [0.5, 0.6) is 0 Å². The molecule has 0 aliphatic rings. The molecule has 2 N–H and O–H groups in total. The molecule has 0 fully saturated rings. The van der Waals surface area contributed by atoms with Crippen molar-refractivity contribution in [3.8, 4) is 0 Å². The summed E-state index contributed by atoms with van der Waals surface area (Å²) in [6.07, 6.45) is 3.82. The number of aliphatic carboxylic acids is 1. The zero-order chi connectivity index (χ0) is 21.4. The van der Waals surface area contributed by atoms with E-state index in [1.807, 2.05) is 104 Å². The van der Waals surface area contributed by atoms with E-state index in [2.05, 4.69) is 5.32 Å². The van der Waals surface area contributed by atoms with Crippen molar-refractivity contribution in [2.45, 2.75) is 24.8 Å². The van der Waals surface area contributed by atoms with Gasteiger partial charge in [0.25, 0.3) is 0 Å². The van der Waals surface area contributed by atoms with E-state index in [1.165, 1.54) is 0 Å². The first-order valence-electron chi connectivity index (χ1n) is 9.88. The van der Waals surface area contributed by atoms with Crippen molar-refractivity contribution in [1.82, 2.24) is 5.32 Å². The highest BCUT2D eigenvalue weighted by Gasteiger charge is 2.38. The Kier molecular flexibility index (Phi) is 6.81. The molecule has 152 valence electrons. The molecule has 1 atom stereocenters. The van der Waals surface area contributed by atoms with Crippen molar-refractivity contribution in [2.24, 2.45) is 0 Å². The number of rotatable bonds is 8. The Balaban J connectivity index is 1.84. The smallest absolute Gasteiger partial charge is 0.326 e. The van der Waals surface area contributed by atoms with Crippen LogP contribution in [-0.2, 0) is 15.0 Å². The minimum atomic E-state index is -1.07. The maximum absolute atomic E-state index is 13.4. The molecular weight excluding hydrogens is 374 g/mol. The number of carbonyl (C=O) groups is 2. The van der Waals surface area contributed by atoms with Gasteiger partial charge < -0.3 is 10.4 Å². The standard InChI is InChI=1S/C26H25NO3/c1-26(21-15-7-3-8-16-21,22-17-9-4-10-18-22)25(30)27-23(24(28)29)19-11-14-20-12-5-2-6-13-20/h2-18,23H,19H2,1H3,(H,27,30)(H,28,29)/b14-11+/t23-/m1/s1. The summed E-state index contributed by atoms with van der Waals surface area (Å²) in [5.74, 6) is -1.41. The molecule has 0 bridgehead atoms. The molecule has 4 nitrogen and oxygen atoms in total. The van der Waals surface area contributed by atoms with Gasteiger partial charge in [-0.25, -0.2) is 4.79 Å². The first kappa shape index (κ1) is 21.1. The Bertz CT molecular complexity index is 959. The first-order chi connectivity index (χ1) is 14.5. The van der Waals surface area contributed by atoms with Gasteiger partial charge in [-0.3, -0.25) is 4.79 Å². The molecule has 3 aromatic carbocycles. The minimum absolute atomic E-state index is 0.190. The molecule has 3 aromatic rings. The van der Waals surface area contributed by atoms with Gasteiger partial charge in [-0.2, -0.15) is 0 Å². The van der Waals surface area contributed by atoms with Crippen LogP contribution in [0.2, 0.25) is 0 Å². The Hall–Kier alpha value is -3.66. The fraction of sp³-hybridized carbons (Fsp3) is 0.154. The van der Waals surface area contributed by atoms with Gasteiger partial charge in [0.1, 0.15) is 6.04 Å². The minimum Gasteiger partial charge on any atom is -0.480 e. The lowest BCUT2D eigenvalue weighted by Crippen LogP contribution is -2.49. The van der Waals surface area contributed by atoms with Gasteiger partial charge in [0.15, 0.2) is 0 Å². The van der Waals surface area contributed by atoms with Crippen LogP contribution >= 0.6 is 0 Å². The molecule has 30 heavy (non-hydrogen) atoms. The first-order valence-corrected chi connectivity index (χ1v) is 9.88. The van der Waals surface area contributed by atoms with Crippen molar-refractivity contribution in [2.75, 3.05) is 0 Å². The number of carboxylic acid groups (broad SMARTS) is 1. The monoisotopic (exact) mass is 399 g/mol. The second-order valence-electron chi connectivity index (χ2n) is 7.27. The number of hydrogen-bond acceptors (Lipinski definition) is 2. The fourth-order valence-electron chi connectivity index (χ4n) is 3.40. The van der Waals surface area contributed by atoms with Crippen molar-refractivity contribution in [1.29, 1.82) is 0 Å². The fourth-order valence-corrected chi connectivity index (χ4v) is 3.40. The lowest BCUT2D eigenvalue weighted by atomic mass is 9.75. The lowest BCUT2D eigenvalue weighted by Gasteiger charge is -2.31. The van der Waals surface area contributed by atoms with Crippen molar-refractivity contribution >= 4 is 18.0 Å². The quantitative estimate of drug-likeness (QED) is 0.579. The van der Waals surface area contributed by atoms with E-state index in [4.69, 9.17) is 0 Å². The summed E-state index contributed by atoms with van der Waals surface area (Å²) in [6.45, 7) is 1.83. The van der Waals surface area contributed by atoms with E-state index in [0.29, 0.717) is 0 Å². The highest BCUT2D eigenvalue weighted by atomic mass is 16.4. The third-order valence-corrected chi connectivity index (χ3v) is 5.24. The summed E-state index contributed by atoms with van der Waals surface area (Å²) in [4.78, 5) is 25.2. The van der Waals surface area contributed by atoms with Crippen LogP contribution in [0, 0.1) is 0 Å². The third-order valence-electron chi connectivity index (χ3n) is 5.24. The largest absolute Gasteiger partial charge is 0.480 e. The second-order valence-corrected chi connectivity index (χ2v) is 7.27. The van der Waals surface area contributed by atoms with Gasteiger partial charge in [0.05, 0.1) is 5.41 Å². The summed E-state index contributed by atoms with van der Waals surface area (Å²) in [5, 5.41) is 12.4. The number of carboxylic acids is 1. The summed E-state index contributed by atoms with van der Waals surface area (Å²) < 4.78 is 0. The number of hydrogen-bond donors (Lipinski definition) is 2. The Morgan fingerprint density at radius 2 is 1.33 bits per heavy atom. The van der Waals surface area contributed by atoms with E-state index < -0.39 is 17.4 Å². The summed E-state index contributed by atoms with van der Waals surface area (Å²) in [7, 11) is 0. The average Bonchev–Trinajstić information content (AvgIpc) is 2.79. The van der Waals surface area contributed by atoms with Crippen LogP contribution in [0.15, 0.2) is 97.1 Å². The second kappa shape index (κ2) is 9.70.